The molecule has 0 bridgehead atoms. The monoisotopic (exact) mass is 330 g/mol. The molecule has 0 spiro atoms. The van der Waals surface area contributed by atoms with E-state index in [-0.39, 0.29) is 11.6 Å². The number of β-amino-alcohol motifs (C(OH)–C–C–N with tert-alkyl or cyclic N) is 1. The number of phenols is 1. The van der Waals surface area contributed by atoms with Crippen LogP contribution in [0.15, 0.2) is 42.5 Å². The van der Waals surface area contributed by atoms with Gasteiger partial charge in [-0.15, -0.1) is 0 Å². The van der Waals surface area contributed by atoms with Gasteiger partial charge in [0.05, 0.1) is 6.10 Å². The van der Waals surface area contributed by atoms with Crippen molar-refractivity contribution in [1.29, 1.82) is 0 Å². The molecule has 2 aromatic rings. The highest BCUT2D eigenvalue weighted by Crippen LogP contribution is 2.23. The Morgan fingerprint density at radius 3 is 2.50 bits per heavy atom. The molecule has 1 unspecified atom stereocenters. The fourth-order valence-corrected chi connectivity index (χ4v) is 3.23. The van der Waals surface area contributed by atoms with E-state index in [2.05, 4.69) is 9.80 Å². The Labute approximate surface area is 141 Å². The smallest absolute Gasteiger partial charge is 0.123 e. The van der Waals surface area contributed by atoms with Crippen LogP contribution < -0.4 is 4.90 Å². The second kappa shape index (κ2) is 7.20. The Morgan fingerprint density at radius 2 is 1.83 bits per heavy atom. The third kappa shape index (κ3) is 3.86. The molecule has 2 N–H and O–H groups in total. The molecular formula is C19H23FN2O2. The number of rotatable bonds is 4. The lowest BCUT2D eigenvalue weighted by Gasteiger charge is -2.37. The second-order valence-electron chi connectivity index (χ2n) is 6.32. The molecule has 1 saturated heterocycles. The largest absolute Gasteiger partial charge is 0.508 e. The van der Waals surface area contributed by atoms with E-state index in [1.807, 2.05) is 19.1 Å². The number of hydrogen-bond donors (Lipinski definition) is 2. The molecule has 24 heavy (non-hydrogen) atoms. The molecule has 1 heterocycles. The summed E-state index contributed by atoms with van der Waals surface area (Å²) in [6.07, 6.45) is -0.613. The number of halogens is 1. The van der Waals surface area contributed by atoms with Crippen LogP contribution in [0.3, 0.4) is 0 Å². The van der Waals surface area contributed by atoms with E-state index in [0.717, 1.165) is 43.0 Å². The Morgan fingerprint density at radius 1 is 1.08 bits per heavy atom. The third-order valence-corrected chi connectivity index (χ3v) is 4.59. The number of nitrogens with zero attached hydrogens (tertiary/aromatic N) is 2. The lowest BCUT2D eigenvalue weighted by Crippen LogP contribution is -2.47. The molecule has 0 amide bonds. The molecule has 0 aliphatic carbocycles. The molecule has 5 heteroatoms. The second-order valence-corrected chi connectivity index (χ2v) is 6.32. The predicted octanol–water partition coefficient (Wildman–Crippen LogP) is 2.70. The summed E-state index contributed by atoms with van der Waals surface area (Å²) in [4.78, 5) is 4.44. The lowest BCUT2D eigenvalue weighted by atomic mass is 10.0. The quantitative estimate of drug-likeness (QED) is 0.905. The molecule has 2 aromatic carbocycles. The van der Waals surface area contributed by atoms with E-state index in [4.69, 9.17) is 0 Å². The van der Waals surface area contributed by atoms with Crippen LogP contribution in [0.4, 0.5) is 10.1 Å². The van der Waals surface area contributed by atoms with Gasteiger partial charge in [-0.1, -0.05) is 12.1 Å². The maximum absolute atomic E-state index is 13.2. The number of benzene rings is 2. The minimum absolute atomic E-state index is 0.275. The molecule has 0 aromatic heterocycles. The van der Waals surface area contributed by atoms with Crippen molar-refractivity contribution in [3.8, 4) is 5.75 Å². The van der Waals surface area contributed by atoms with Crippen LogP contribution in [0.2, 0.25) is 0 Å². The van der Waals surface area contributed by atoms with E-state index in [1.165, 1.54) is 12.1 Å². The van der Waals surface area contributed by atoms with Crippen molar-refractivity contribution < 1.29 is 14.6 Å². The SMILES string of the molecule is Cc1cc(F)ccc1C(O)CN1CCN(c2cccc(O)c2)CC1. The number of aliphatic hydroxyl groups is 1. The van der Waals surface area contributed by atoms with E-state index < -0.39 is 6.10 Å². The van der Waals surface area contributed by atoms with Gasteiger partial charge in [0, 0.05) is 44.5 Å². The number of aromatic hydroxyl groups is 1. The zero-order valence-electron chi connectivity index (χ0n) is 13.8. The fourth-order valence-electron chi connectivity index (χ4n) is 3.23. The zero-order chi connectivity index (χ0) is 17.1. The van der Waals surface area contributed by atoms with Gasteiger partial charge in [-0.05, 0) is 42.3 Å². The molecule has 1 aliphatic rings. The molecule has 128 valence electrons. The van der Waals surface area contributed by atoms with Crippen molar-refractivity contribution in [2.75, 3.05) is 37.6 Å². The average Bonchev–Trinajstić information content (AvgIpc) is 2.55. The molecule has 1 atom stereocenters. The first kappa shape index (κ1) is 16.7. The van der Waals surface area contributed by atoms with Crippen molar-refractivity contribution >= 4 is 5.69 Å². The Balaban J connectivity index is 1.57. The summed E-state index contributed by atoms with van der Waals surface area (Å²) in [6.45, 7) is 5.73. The normalized spacial score (nSPS) is 17.0. The lowest BCUT2D eigenvalue weighted by molar-refractivity contribution is 0.109. The summed E-state index contributed by atoms with van der Waals surface area (Å²) in [6, 6.07) is 11.8. The number of hydrogen-bond acceptors (Lipinski definition) is 4. The Hall–Kier alpha value is -2.11. The molecule has 4 nitrogen and oxygen atoms in total. The summed E-state index contributed by atoms with van der Waals surface area (Å²) >= 11 is 0. The topological polar surface area (TPSA) is 46.9 Å². The third-order valence-electron chi connectivity index (χ3n) is 4.59. The molecular weight excluding hydrogens is 307 g/mol. The maximum atomic E-state index is 13.2. The van der Waals surface area contributed by atoms with Crippen LogP contribution in [0.25, 0.3) is 0 Å². The van der Waals surface area contributed by atoms with Crippen LogP contribution in [0.5, 0.6) is 5.75 Å². The van der Waals surface area contributed by atoms with Gasteiger partial charge in [0.1, 0.15) is 11.6 Å². The van der Waals surface area contributed by atoms with Gasteiger partial charge >= 0.3 is 0 Å². The summed E-state index contributed by atoms with van der Waals surface area (Å²) in [5.74, 6) is 0.000292. The van der Waals surface area contributed by atoms with Gasteiger partial charge in [0.25, 0.3) is 0 Å². The molecule has 1 fully saturated rings. The molecule has 3 rings (SSSR count). The average molecular weight is 330 g/mol. The standard InChI is InChI=1S/C19H23FN2O2/c1-14-11-15(20)5-6-18(14)19(24)13-21-7-9-22(10-8-21)16-3-2-4-17(23)12-16/h2-6,11-12,19,23-24H,7-10,13H2,1H3. The van der Waals surface area contributed by atoms with Crippen molar-refractivity contribution in [3.05, 3.63) is 59.4 Å². The first-order chi connectivity index (χ1) is 11.5. The maximum Gasteiger partial charge on any atom is 0.123 e. The minimum Gasteiger partial charge on any atom is -0.508 e. The summed E-state index contributed by atoms with van der Waals surface area (Å²) in [7, 11) is 0. The minimum atomic E-state index is -0.613. The zero-order valence-corrected chi connectivity index (χ0v) is 13.8. The van der Waals surface area contributed by atoms with E-state index >= 15 is 0 Å². The first-order valence-corrected chi connectivity index (χ1v) is 8.23. The van der Waals surface area contributed by atoms with Gasteiger partial charge < -0.3 is 15.1 Å². The van der Waals surface area contributed by atoms with Crippen LogP contribution in [-0.4, -0.2) is 47.8 Å². The predicted molar refractivity (Wildman–Crippen MR) is 92.9 cm³/mol. The molecule has 0 saturated carbocycles. The van der Waals surface area contributed by atoms with Gasteiger partial charge in [0.2, 0.25) is 0 Å². The highest BCUT2D eigenvalue weighted by Gasteiger charge is 2.21. The highest BCUT2D eigenvalue weighted by atomic mass is 19.1. The van der Waals surface area contributed by atoms with Gasteiger partial charge in [-0.2, -0.15) is 0 Å². The number of phenolic OH excluding ortho intramolecular Hbond substituents is 1. The number of aryl methyl sites for hydroxylation is 1. The number of piperazine rings is 1. The van der Waals surface area contributed by atoms with Crippen molar-refractivity contribution in [2.24, 2.45) is 0 Å². The van der Waals surface area contributed by atoms with E-state index in [1.54, 1.807) is 18.2 Å². The number of aliphatic hydroxyl groups excluding tert-OH is 1. The van der Waals surface area contributed by atoms with Crippen LogP contribution >= 0.6 is 0 Å². The van der Waals surface area contributed by atoms with E-state index in [0.29, 0.717) is 6.54 Å². The Kier molecular flexibility index (Phi) is 5.02. The first-order valence-electron chi connectivity index (χ1n) is 8.23. The van der Waals surface area contributed by atoms with Gasteiger partial charge in [0.15, 0.2) is 0 Å². The molecule has 1 aliphatic heterocycles. The van der Waals surface area contributed by atoms with Gasteiger partial charge in [-0.25, -0.2) is 4.39 Å². The summed E-state index contributed by atoms with van der Waals surface area (Å²) in [5, 5.41) is 20.0. The summed E-state index contributed by atoms with van der Waals surface area (Å²) in [5.41, 5.74) is 2.58. The van der Waals surface area contributed by atoms with Crippen LogP contribution in [-0.2, 0) is 0 Å². The molecule has 0 radical (unpaired) electrons. The van der Waals surface area contributed by atoms with Crippen molar-refractivity contribution in [2.45, 2.75) is 13.0 Å². The van der Waals surface area contributed by atoms with Crippen LogP contribution in [0, 0.1) is 12.7 Å². The Bertz CT molecular complexity index is 700. The van der Waals surface area contributed by atoms with Crippen molar-refractivity contribution in [3.63, 3.8) is 0 Å². The van der Waals surface area contributed by atoms with Crippen molar-refractivity contribution in [1.82, 2.24) is 4.90 Å². The summed E-state index contributed by atoms with van der Waals surface area (Å²) < 4.78 is 13.2. The van der Waals surface area contributed by atoms with Crippen LogP contribution in [0.1, 0.15) is 17.2 Å². The van der Waals surface area contributed by atoms with Gasteiger partial charge in [-0.3, -0.25) is 4.90 Å². The fraction of sp³-hybridized carbons (Fsp3) is 0.368. The number of anilines is 1. The van der Waals surface area contributed by atoms with E-state index in [9.17, 15) is 14.6 Å². The highest BCUT2D eigenvalue weighted by molar-refractivity contribution is 5.50.